The number of carboxylic acids is 1. The maximum Gasteiger partial charge on any atom is 0.354 e. The van der Waals surface area contributed by atoms with Gasteiger partial charge in [-0.1, -0.05) is 11.6 Å². The van der Waals surface area contributed by atoms with E-state index in [0.717, 1.165) is 22.8 Å². The Morgan fingerprint density at radius 2 is 1.85 bits per heavy atom. The Bertz CT molecular complexity index is 829. The van der Waals surface area contributed by atoms with Crippen LogP contribution in [-0.2, 0) is 21.1 Å². The number of hydrogen-bond acceptors (Lipinski definition) is 5. The van der Waals surface area contributed by atoms with Gasteiger partial charge in [0.25, 0.3) is 0 Å². The summed E-state index contributed by atoms with van der Waals surface area (Å²) in [6, 6.07) is 17.1. The molecule has 0 aliphatic rings. The van der Waals surface area contributed by atoms with E-state index < -0.39 is 5.97 Å². The summed E-state index contributed by atoms with van der Waals surface area (Å²) in [4.78, 5) is 18.0. The van der Waals surface area contributed by atoms with Crippen molar-refractivity contribution < 1.29 is 40.4 Å². The van der Waals surface area contributed by atoms with Crippen molar-refractivity contribution in [1.29, 1.82) is 0 Å². The first kappa shape index (κ1) is 21.3. The quantitative estimate of drug-likeness (QED) is 0.520. The number of carbonyl (C=O) groups is 1. The minimum Gasteiger partial charge on any atom is -0.540 e. The number of carboxylic acid groups (broad SMARTS) is 1. The average Bonchev–Trinajstić information content (AvgIpc) is 2.69. The van der Waals surface area contributed by atoms with Crippen molar-refractivity contribution >= 4 is 5.97 Å². The summed E-state index contributed by atoms with van der Waals surface area (Å²) < 4.78 is 10.4. The van der Waals surface area contributed by atoms with Gasteiger partial charge in [0.15, 0.2) is 0 Å². The van der Waals surface area contributed by atoms with Crippen LogP contribution in [0, 0.1) is 6.07 Å². The molecule has 2 aromatic heterocycles. The normalized spacial score (nSPS) is 9.15. The van der Waals surface area contributed by atoms with Crippen molar-refractivity contribution in [3.63, 3.8) is 0 Å². The molecule has 7 heteroatoms. The summed E-state index contributed by atoms with van der Waals surface area (Å²) in [5.41, 5.74) is 1.71. The number of aromatic nitrogens is 2. The molecule has 0 atom stereocenters. The summed E-state index contributed by atoms with van der Waals surface area (Å²) in [5, 5.41) is 8.32. The number of hydrogen-bond donors (Lipinski definition) is 1. The molecule has 0 spiro atoms. The predicted octanol–water partition coefficient (Wildman–Crippen LogP) is 3.34. The van der Waals surface area contributed by atoms with Crippen LogP contribution >= 0.6 is 0 Å². The van der Waals surface area contributed by atoms with E-state index in [9.17, 15) is 4.79 Å². The van der Waals surface area contributed by atoms with Gasteiger partial charge in [0.2, 0.25) is 0 Å². The summed E-state index contributed by atoms with van der Waals surface area (Å²) in [6.45, 7) is 0. The van der Waals surface area contributed by atoms with Gasteiger partial charge < -0.3 is 19.6 Å². The fourth-order valence-electron chi connectivity index (χ4n) is 1.96. The fraction of sp³-hybridized carbons (Fsp3) is 0.105. The molecule has 0 aliphatic carbocycles. The van der Waals surface area contributed by atoms with Crippen molar-refractivity contribution in [3.8, 4) is 22.8 Å². The van der Waals surface area contributed by atoms with E-state index in [4.69, 9.17) is 14.6 Å². The second-order valence-electron chi connectivity index (χ2n) is 4.71. The first-order valence-corrected chi connectivity index (χ1v) is 7.35. The van der Waals surface area contributed by atoms with Crippen molar-refractivity contribution in [3.05, 3.63) is 72.7 Å². The summed E-state index contributed by atoms with van der Waals surface area (Å²) >= 11 is 0. The van der Waals surface area contributed by atoms with Gasteiger partial charge >= 0.3 is 5.97 Å². The minimum absolute atomic E-state index is 0. The van der Waals surface area contributed by atoms with Crippen molar-refractivity contribution in [2.45, 2.75) is 0 Å². The smallest absolute Gasteiger partial charge is 0.354 e. The van der Waals surface area contributed by atoms with E-state index in [1.165, 1.54) is 12.3 Å². The van der Waals surface area contributed by atoms with Crippen molar-refractivity contribution in [2.75, 3.05) is 14.2 Å². The van der Waals surface area contributed by atoms with Crippen LogP contribution in [0.5, 0.6) is 11.5 Å². The Morgan fingerprint density at radius 3 is 2.42 bits per heavy atom. The molecule has 1 N–H and O–H groups in total. The zero-order valence-electron chi connectivity index (χ0n) is 14.2. The van der Waals surface area contributed by atoms with Gasteiger partial charge in [0.1, 0.15) is 11.4 Å². The Hall–Kier alpha value is -2.72. The van der Waals surface area contributed by atoms with Crippen LogP contribution in [0.3, 0.4) is 0 Å². The third-order valence-electron chi connectivity index (χ3n) is 3.15. The molecule has 0 saturated heterocycles. The van der Waals surface area contributed by atoms with Gasteiger partial charge in [-0.25, -0.2) is 9.78 Å². The SMILES string of the molecule is COc1ccnc(-c2[c-]cccc2OC)c1.O=C(O)c1ccccn1.[Pt]. The van der Waals surface area contributed by atoms with Gasteiger partial charge in [-0.15, -0.1) is 24.3 Å². The van der Waals surface area contributed by atoms with E-state index in [-0.39, 0.29) is 26.8 Å². The molecule has 26 heavy (non-hydrogen) atoms. The number of pyridine rings is 2. The van der Waals surface area contributed by atoms with E-state index >= 15 is 0 Å². The first-order chi connectivity index (χ1) is 12.2. The van der Waals surface area contributed by atoms with Gasteiger partial charge in [0, 0.05) is 39.2 Å². The Morgan fingerprint density at radius 1 is 1.04 bits per heavy atom. The standard InChI is InChI=1S/C13H12NO2.C6H5NO2.Pt/c1-15-10-7-8-14-12(9-10)11-5-3-4-6-13(11)16-2;8-6(9)5-3-1-2-4-7-5;/h3-4,6-9H,1-2H3;1-4H,(H,8,9);/q-1;;. The maximum atomic E-state index is 10.1. The maximum absolute atomic E-state index is 10.1. The number of aromatic carboxylic acids is 1. The molecule has 3 rings (SSSR count). The topological polar surface area (TPSA) is 81.5 Å². The summed E-state index contributed by atoms with van der Waals surface area (Å²) in [7, 11) is 3.26. The zero-order valence-corrected chi connectivity index (χ0v) is 16.4. The third kappa shape index (κ3) is 5.97. The number of rotatable bonds is 4. The fourth-order valence-corrected chi connectivity index (χ4v) is 1.96. The number of methoxy groups -OCH3 is 2. The van der Waals surface area contributed by atoms with Crippen LogP contribution in [0.25, 0.3) is 11.3 Å². The van der Waals surface area contributed by atoms with Crippen LogP contribution < -0.4 is 9.47 Å². The second kappa shape index (κ2) is 11.0. The average molecular weight is 532 g/mol. The monoisotopic (exact) mass is 532 g/mol. The molecule has 3 aromatic rings. The number of ether oxygens (including phenoxy) is 2. The van der Waals surface area contributed by atoms with Crippen LogP contribution in [0.4, 0.5) is 0 Å². The number of nitrogens with zero attached hydrogens (tertiary/aromatic N) is 2. The van der Waals surface area contributed by atoms with Crippen molar-refractivity contribution in [1.82, 2.24) is 9.97 Å². The molecule has 0 fully saturated rings. The van der Waals surface area contributed by atoms with E-state index in [1.807, 2.05) is 24.3 Å². The van der Waals surface area contributed by atoms with E-state index in [0.29, 0.717) is 0 Å². The Kier molecular flexibility index (Phi) is 9.02. The van der Waals surface area contributed by atoms with Crippen molar-refractivity contribution in [2.24, 2.45) is 0 Å². The second-order valence-corrected chi connectivity index (χ2v) is 4.71. The van der Waals surface area contributed by atoms with Gasteiger partial charge in [-0.05, 0) is 30.0 Å². The molecule has 0 saturated carbocycles. The molecular formula is C19H17N2O4Pt-. The molecular weight excluding hydrogens is 515 g/mol. The molecule has 0 radical (unpaired) electrons. The Balaban J connectivity index is 0.000000290. The molecule has 2 heterocycles. The van der Waals surface area contributed by atoms with Gasteiger partial charge in [-0.2, -0.15) is 0 Å². The molecule has 6 nitrogen and oxygen atoms in total. The van der Waals surface area contributed by atoms with Crippen LogP contribution in [0.2, 0.25) is 0 Å². The molecule has 1 aromatic carbocycles. The van der Waals surface area contributed by atoms with Gasteiger partial charge in [0.05, 0.1) is 14.2 Å². The molecule has 0 bridgehead atoms. The van der Waals surface area contributed by atoms with E-state index in [2.05, 4.69) is 16.0 Å². The van der Waals surface area contributed by atoms with Gasteiger partial charge in [-0.3, -0.25) is 0 Å². The molecule has 0 aliphatic heterocycles. The van der Waals surface area contributed by atoms with Crippen LogP contribution in [0.15, 0.2) is 60.9 Å². The number of benzene rings is 1. The largest absolute Gasteiger partial charge is 0.540 e. The molecule has 138 valence electrons. The minimum atomic E-state index is -0.990. The molecule has 0 unspecified atom stereocenters. The van der Waals surface area contributed by atoms with E-state index in [1.54, 1.807) is 38.6 Å². The summed E-state index contributed by atoms with van der Waals surface area (Å²) in [6.07, 6.45) is 3.15. The van der Waals surface area contributed by atoms with Crippen LogP contribution in [-0.4, -0.2) is 35.3 Å². The molecule has 0 amide bonds. The summed E-state index contributed by atoms with van der Waals surface area (Å²) in [5.74, 6) is 0.531. The first-order valence-electron chi connectivity index (χ1n) is 7.35. The zero-order chi connectivity index (χ0) is 18.1. The Labute approximate surface area is 166 Å². The third-order valence-corrected chi connectivity index (χ3v) is 3.15. The van der Waals surface area contributed by atoms with Crippen LogP contribution in [0.1, 0.15) is 10.5 Å². The predicted molar refractivity (Wildman–Crippen MR) is 92.8 cm³/mol.